The van der Waals surface area contributed by atoms with E-state index in [1.165, 1.54) is 0 Å². The minimum atomic E-state index is 0.443. The van der Waals surface area contributed by atoms with Crippen LogP contribution in [-0.2, 0) is 0 Å². The van der Waals surface area contributed by atoms with E-state index in [1.54, 1.807) is 12.4 Å². The second-order valence-electron chi connectivity index (χ2n) is 4.22. The number of nitrogen functional groups attached to an aromatic ring is 1. The van der Waals surface area contributed by atoms with Gasteiger partial charge in [-0.25, -0.2) is 0 Å². The normalized spacial score (nSPS) is 10.7. The molecule has 0 unspecified atom stereocenters. The van der Waals surface area contributed by atoms with E-state index in [0.717, 1.165) is 26.9 Å². The van der Waals surface area contributed by atoms with Crippen LogP contribution in [0.5, 0.6) is 0 Å². The van der Waals surface area contributed by atoms with Crippen molar-refractivity contribution < 1.29 is 0 Å². The van der Waals surface area contributed by atoms with Crippen LogP contribution in [0.2, 0.25) is 5.02 Å². The van der Waals surface area contributed by atoms with E-state index in [1.807, 2.05) is 30.3 Å². The van der Waals surface area contributed by atoms with Gasteiger partial charge in [-0.3, -0.25) is 10.1 Å². The summed E-state index contributed by atoms with van der Waals surface area (Å²) in [5, 5.41) is 7.73. The number of nitrogens with zero attached hydrogens (tertiary/aromatic N) is 2. The Morgan fingerprint density at radius 1 is 1.15 bits per heavy atom. The maximum Gasteiger partial charge on any atom is 0.153 e. The summed E-state index contributed by atoms with van der Waals surface area (Å²) in [4.78, 5) is 4.02. The molecule has 1 aromatic carbocycles. The number of H-pyrrole nitrogens is 1. The SMILES string of the molecule is Nc1n[nH]c(-c2cc(Cl)ccc2Br)c1-c1ccncc1. The smallest absolute Gasteiger partial charge is 0.153 e. The first-order chi connectivity index (χ1) is 9.66. The summed E-state index contributed by atoms with van der Waals surface area (Å²) in [6.07, 6.45) is 3.44. The van der Waals surface area contributed by atoms with Crippen molar-refractivity contribution in [1.82, 2.24) is 15.2 Å². The Bertz CT molecular complexity index is 755. The van der Waals surface area contributed by atoms with Gasteiger partial charge < -0.3 is 5.73 Å². The molecule has 0 aliphatic carbocycles. The molecule has 4 nitrogen and oxygen atoms in total. The van der Waals surface area contributed by atoms with E-state index in [-0.39, 0.29) is 0 Å². The topological polar surface area (TPSA) is 67.6 Å². The summed E-state index contributed by atoms with van der Waals surface area (Å²) < 4.78 is 0.917. The summed E-state index contributed by atoms with van der Waals surface area (Å²) in [6.45, 7) is 0. The number of aromatic amines is 1. The zero-order valence-corrected chi connectivity index (χ0v) is 12.6. The molecule has 0 saturated heterocycles. The molecule has 0 bridgehead atoms. The lowest BCUT2D eigenvalue weighted by atomic mass is 10.0. The van der Waals surface area contributed by atoms with Gasteiger partial charge in [0.1, 0.15) is 0 Å². The van der Waals surface area contributed by atoms with Crippen LogP contribution in [0.25, 0.3) is 22.4 Å². The van der Waals surface area contributed by atoms with Gasteiger partial charge in [0.2, 0.25) is 0 Å². The van der Waals surface area contributed by atoms with E-state index in [2.05, 4.69) is 31.1 Å². The monoisotopic (exact) mass is 348 g/mol. The van der Waals surface area contributed by atoms with Crippen LogP contribution in [0, 0.1) is 0 Å². The Kier molecular flexibility index (Phi) is 3.46. The lowest BCUT2D eigenvalue weighted by Crippen LogP contribution is -1.89. The third kappa shape index (κ3) is 2.30. The predicted molar refractivity (Wildman–Crippen MR) is 84.4 cm³/mol. The predicted octanol–water partition coefficient (Wildman–Crippen LogP) is 4.14. The van der Waals surface area contributed by atoms with Crippen LogP contribution in [0.3, 0.4) is 0 Å². The third-order valence-electron chi connectivity index (χ3n) is 2.96. The largest absolute Gasteiger partial charge is 0.382 e. The zero-order valence-electron chi connectivity index (χ0n) is 10.3. The lowest BCUT2D eigenvalue weighted by Gasteiger charge is -2.07. The molecule has 0 fully saturated rings. The number of aromatic nitrogens is 3. The second-order valence-corrected chi connectivity index (χ2v) is 5.51. The Hall–Kier alpha value is -1.85. The van der Waals surface area contributed by atoms with Crippen LogP contribution in [0.1, 0.15) is 0 Å². The highest BCUT2D eigenvalue weighted by molar-refractivity contribution is 9.10. The number of nitrogens with two attached hydrogens (primary N) is 1. The molecule has 6 heteroatoms. The number of rotatable bonds is 2. The second kappa shape index (κ2) is 5.26. The minimum Gasteiger partial charge on any atom is -0.382 e. The fourth-order valence-electron chi connectivity index (χ4n) is 2.05. The molecule has 0 aliphatic heterocycles. The van der Waals surface area contributed by atoms with Crippen LogP contribution >= 0.6 is 27.5 Å². The van der Waals surface area contributed by atoms with Gasteiger partial charge in [-0.15, -0.1) is 0 Å². The van der Waals surface area contributed by atoms with E-state index < -0.39 is 0 Å². The number of hydrogen-bond donors (Lipinski definition) is 2. The van der Waals surface area contributed by atoms with Crippen LogP contribution in [0.4, 0.5) is 5.82 Å². The van der Waals surface area contributed by atoms with Crippen LogP contribution in [-0.4, -0.2) is 15.2 Å². The molecule has 100 valence electrons. The summed E-state index contributed by atoms with van der Waals surface area (Å²) in [7, 11) is 0. The molecule has 0 aliphatic rings. The van der Waals surface area contributed by atoms with Gasteiger partial charge in [-0.2, -0.15) is 5.10 Å². The molecule has 3 rings (SSSR count). The third-order valence-corrected chi connectivity index (χ3v) is 3.89. The summed E-state index contributed by atoms with van der Waals surface area (Å²) >= 11 is 9.60. The minimum absolute atomic E-state index is 0.443. The first-order valence-corrected chi connectivity index (χ1v) is 7.03. The first kappa shape index (κ1) is 13.1. The van der Waals surface area contributed by atoms with Crippen molar-refractivity contribution in [3.8, 4) is 22.4 Å². The van der Waals surface area contributed by atoms with Gasteiger partial charge in [0, 0.05) is 27.5 Å². The fraction of sp³-hybridized carbons (Fsp3) is 0. The molecule has 2 aromatic heterocycles. The number of halogens is 2. The van der Waals surface area contributed by atoms with Crippen LogP contribution < -0.4 is 5.73 Å². The van der Waals surface area contributed by atoms with Crippen molar-refractivity contribution in [3.05, 3.63) is 52.2 Å². The van der Waals surface area contributed by atoms with E-state index in [0.29, 0.717) is 10.8 Å². The highest BCUT2D eigenvalue weighted by Crippen LogP contribution is 2.38. The number of benzene rings is 1. The first-order valence-electron chi connectivity index (χ1n) is 5.86. The van der Waals surface area contributed by atoms with Crippen molar-refractivity contribution >= 4 is 33.3 Å². The standard InChI is InChI=1S/C14H10BrClN4/c15-11-2-1-9(16)7-10(11)13-12(14(17)20-19-13)8-3-5-18-6-4-8/h1-7H,(H3,17,19,20). The van der Waals surface area contributed by atoms with Gasteiger partial charge in [0.25, 0.3) is 0 Å². The van der Waals surface area contributed by atoms with E-state index >= 15 is 0 Å². The molecule has 0 amide bonds. The Morgan fingerprint density at radius 3 is 2.65 bits per heavy atom. The van der Waals surface area contributed by atoms with E-state index in [9.17, 15) is 0 Å². The number of hydrogen-bond acceptors (Lipinski definition) is 3. The number of pyridine rings is 1. The average molecular weight is 350 g/mol. The number of anilines is 1. The highest BCUT2D eigenvalue weighted by Gasteiger charge is 2.16. The molecule has 3 N–H and O–H groups in total. The lowest BCUT2D eigenvalue weighted by molar-refractivity contribution is 1.10. The average Bonchev–Trinajstić information content (AvgIpc) is 2.84. The summed E-state index contributed by atoms with van der Waals surface area (Å²) in [6, 6.07) is 9.36. The van der Waals surface area contributed by atoms with Crippen molar-refractivity contribution in [2.75, 3.05) is 5.73 Å². The van der Waals surface area contributed by atoms with Crippen molar-refractivity contribution in [1.29, 1.82) is 0 Å². The van der Waals surface area contributed by atoms with E-state index in [4.69, 9.17) is 17.3 Å². The van der Waals surface area contributed by atoms with Crippen molar-refractivity contribution in [3.63, 3.8) is 0 Å². The van der Waals surface area contributed by atoms with Gasteiger partial charge in [0.15, 0.2) is 5.82 Å². The molecule has 0 saturated carbocycles. The number of nitrogens with one attached hydrogen (secondary N) is 1. The molecule has 0 spiro atoms. The molecular weight excluding hydrogens is 340 g/mol. The Balaban J connectivity index is 2.24. The fourth-order valence-corrected chi connectivity index (χ4v) is 2.67. The molecule has 0 radical (unpaired) electrons. The molecular formula is C14H10BrClN4. The molecule has 20 heavy (non-hydrogen) atoms. The summed E-state index contributed by atoms with van der Waals surface area (Å²) in [5.41, 5.74) is 9.52. The van der Waals surface area contributed by atoms with Gasteiger partial charge in [-0.1, -0.05) is 27.5 Å². The Labute approximate surface area is 129 Å². The zero-order chi connectivity index (χ0) is 14.1. The quantitative estimate of drug-likeness (QED) is 0.730. The summed E-state index contributed by atoms with van der Waals surface area (Å²) in [5.74, 6) is 0.443. The molecule has 3 aromatic rings. The molecule has 2 heterocycles. The van der Waals surface area contributed by atoms with Gasteiger partial charge >= 0.3 is 0 Å². The maximum absolute atomic E-state index is 6.08. The maximum atomic E-state index is 6.08. The van der Waals surface area contributed by atoms with Gasteiger partial charge in [-0.05, 0) is 35.9 Å². The van der Waals surface area contributed by atoms with Crippen molar-refractivity contribution in [2.24, 2.45) is 0 Å². The van der Waals surface area contributed by atoms with Crippen molar-refractivity contribution in [2.45, 2.75) is 0 Å². The van der Waals surface area contributed by atoms with Crippen LogP contribution in [0.15, 0.2) is 47.2 Å². The Morgan fingerprint density at radius 2 is 1.90 bits per heavy atom. The highest BCUT2D eigenvalue weighted by atomic mass is 79.9. The molecule has 0 atom stereocenters. The van der Waals surface area contributed by atoms with Gasteiger partial charge in [0.05, 0.1) is 11.3 Å².